The van der Waals surface area contributed by atoms with Gasteiger partial charge >= 0.3 is 0 Å². The molecule has 0 aliphatic heterocycles. The van der Waals surface area contributed by atoms with Gasteiger partial charge in [-0.3, -0.25) is 4.79 Å². The fourth-order valence-corrected chi connectivity index (χ4v) is 2.06. The van der Waals surface area contributed by atoms with Crippen molar-refractivity contribution in [2.24, 2.45) is 0 Å². The quantitative estimate of drug-likeness (QED) is 0.829. The van der Waals surface area contributed by atoms with Crippen molar-refractivity contribution in [3.8, 4) is 0 Å². The first kappa shape index (κ1) is 15.4. The van der Waals surface area contributed by atoms with Gasteiger partial charge in [0.25, 0.3) is 5.91 Å². The number of sulfone groups is 1. The van der Waals surface area contributed by atoms with E-state index in [4.69, 9.17) is 0 Å². The summed E-state index contributed by atoms with van der Waals surface area (Å²) in [7, 11) is 0.368. The van der Waals surface area contributed by atoms with Crippen LogP contribution in [0.3, 0.4) is 0 Å². The van der Waals surface area contributed by atoms with E-state index in [9.17, 15) is 13.2 Å². The molecular formula is C12H19N3O3S. The number of nitrogens with zero attached hydrogens (tertiary/aromatic N) is 2. The maximum Gasteiger partial charge on any atom is 0.254 e. The van der Waals surface area contributed by atoms with Gasteiger partial charge in [-0.25, -0.2) is 13.4 Å². The average molecular weight is 285 g/mol. The topological polar surface area (TPSA) is 79.4 Å². The lowest BCUT2D eigenvalue weighted by molar-refractivity contribution is 0.0827. The Bertz CT molecular complexity index is 524. The highest BCUT2D eigenvalue weighted by molar-refractivity contribution is 7.91. The van der Waals surface area contributed by atoms with Crippen LogP contribution in [0.4, 0.5) is 5.82 Å². The van der Waals surface area contributed by atoms with Gasteiger partial charge in [0.1, 0.15) is 5.82 Å². The molecule has 1 amide bonds. The first-order valence-corrected chi connectivity index (χ1v) is 7.80. The van der Waals surface area contributed by atoms with Crippen molar-refractivity contribution in [1.82, 2.24) is 9.88 Å². The van der Waals surface area contributed by atoms with E-state index >= 15 is 0 Å². The second-order valence-electron chi connectivity index (χ2n) is 4.29. The van der Waals surface area contributed by atoms with Crippen LogP contribution in [-0.2, 0) is 9.84 Å². The van der Waals surface area contributed by atoms with Crippen molar-refractivity contribution in [3.63, 3.8) is 0 Å². The summed E-state index contributed by atoms with van der Waals surface area (Å²) in [5.74, 6) is 0.649. The van der Waals surface area contributed by atoms with E-state index in [1.165, 1.54) is 11.1 Å². The van der Waals surface area contributed by atoms with Crippen molar-refractivity contribution < 1.29 is 13.2 Å². The minimum atomic E-state index is -2.97. The Balaban J connectivity index is 2.56. The first-order chi connectivity index (χ1) is 8.85. The third-order valence-corrected chi connectivity index (χ3v) is 4.28. The van der Waals surface area contributed by atoms with Gasteiger partial charge in [0, 0.05) is 32.6 Å². The fraction of sp³-hybridized carbons (Fsp3) is 0.500. The van der Waals surface area contributed by atoms with Crippen molar-refractivity contribution in [2.45, 2.75) is 6.92 Å². The monoisotopic (exact) mass is 285 g/mol. The normalized spacial score (nSPS) is 11.1. The summed E-state index contributed by atoms with van der Waals surface area (Å²) in [5, 5.41) is 2.92. The maximum atomic E-state index is 11.6. The van der Waals surface area contributed by atoms with Gasteiger partial charge in [-0.1, -0.05) is 6.92 Å². The highest BCUT2D eigenvalue weighted by atomic mass is 32.2. The molecule has 106 valence electrons. The summed E-state index contributed by atoms with van der Waals surface area (Å²) >= 11 is 0. The molecule has 0 aliphatic carbocycles. The third-order valence-electron chi connectivity index (χ3n) is 2.58. The summed E-state index contributed by atoms with van der Waals surface area (Å²) in [5.41, 5.74) is 0.497. The minimum Gasteiger partial charge on any atom is -0.369 e. The standard InChI is InChI=1S/C12H19N3O3S/c1-4-19(17,18)8-7-13-11-6-5-10(9-14-11)12(16)15(2)3/h5-6,9H,4,7-8H2,1-3H3,(H,13,14). The molecule has 1 N–H and O–H groups in total. The Morgan fingerprint density at radius 2 is 2.05 bits per heavy atom. The van der Waals surface area contributed by atoms with E-state index in [2.05, 4.69) is 10.3 Å². The van der Waals surface area contributed by atoms with Crippen LogP contribution in [0.1, 0.15) is 17.3 Å². The van der Waals surface area contributed by atoms with E-state index in [1.807, 2.05) is 0 Å². The number of carbonyl (C=O) groups is 1. The molecule has 0 spiro atoms. The van der Waals surface area contributed by atoms with E-state index in [1.54, 1.807) is 33.2 Å². The molecule has 6 nitrogen and oxygen atoms in total. The Hall–Kier alpha value is -1.63. The number of amides is 1. The number of carbonyl (C=O) groups excluding carboxylic acids is 1. The van der Waals surface area contributed by atoms with Crippen molar-refractivity contribution in [1.29, 1.82) is 0 Å². The largest absolute Gasteiger partial charge is 0.369 e. The van der Waals surface area contributed by atoms with Gasteiger partial charge in [0.05, 0.1) is 11.3 Å². The number of nitrogens with one attached hydrogen (secondary N) is 1. The molecule has 0 radical (unpaired) electrons. The molecule has 7 heteroatoms. The van der Waals surface area contributed by atoms with E-state index in [-0.39, 0.29) is 17.4 Å². The molecule has 1 aromatic rings. The molecular weight excluding hydrogens is 266 g/mol. The van der Waals surface area contributed by atoms with Gasteiger partial charge in [-0.2, -0.15) is 0 Å². The number of rotatable bonds is 6. The minimum absolute atomic E-state index is 0.0730. The third kappa shape index (κ3) is 4.86. The Morgan fingerprint density at radius 1 is 1.37 bits per heavy atom. The molecule has 19 heavy (non-hydrogen) atoms. The van der Waals surface area contributed by atoms with E-state index in [0.29, 0.717) is 17.9 Å². The lowest BCUT2D eigenvalue weighted by Crippen LogP contribution is -2.22. The van der Waals surface area contributed by atoms with Gasteiger partial charge < -0.3 is 10.2 Å². The summed E-state index contributed by atoms with van der Waals surface area (Å²) in [6.45, 7) is 1.93. The Morgan fingerprint density at radius 3 is 2.53 bits per heavy atom. The number of hydrogen-bond donors (Lipinski definition) is 1. The Labute approximate surface area is 113 Å². The van der Waals surface area contributed by atoms with Crippen LogP contribution >= 0.6 is 0 Å². The Kier molecular flexibility index (Phi) is 5.29. The van der Waals surface area contributed by atoms with Gasteiger partial charge in [0.2, 0.25) is 0 Å². The predicted octanol–water partition coefficient (Wildman–Crippen LogP) is 0.630. The van der Waals surface area contributed by atoms with Crippen LogP contribution in [-0.4, -0.2) is 56.4 Å². The molecule has 1 aromatic heterocycles. The van der Waals surface area contributed by atoms with Crippen LogP contribution in [0.15, 0.2) is 18.3 Å². The lowest BCUT2D eigenvalue weighted by atomic mass is 10.2. The van der Waals surface area contributed by atoms with Crippen LogP contribution in [0.25, 0.3) is 0 Å². The molecule has 0 bridgehead atoms. The fourth-order valence-electron chi connectivity index (χ4n) is 1.36. The molecule has 0 aromatic carbocycles. The summed E-state index contributed by atoms with van der Waals surface area (Å²) in [6, 6.07) is 3.32. The van der Waals surface area contributed by atoms with E-state index < -0.39 is 9.84 Å². The van der Waals surface area contributed by atoms with Crippen LogP contribution in [0, 0.1) is 0 Å². The number of anilines is 1. The summed E-state index contributed by atoms with van der Waals surface area (Å²) < 4.78 is 22.6. The summed E-state index contributed by atoms with van der Waals surface area (Å²) in [4.78, 5) is 17.2. The second-order valence-corrected chi connectivity index (χ2v) is 6.77. The molecule has 1 rings (SSSR count). The van der Waals surface area contributed by atoms with Crippen LogP contribution in [0.2, 0.25) is 0 Å². The van der Waals surface area contributed by atoms with Crippen LogP contribution < -0.4 is 5.32 Å². The second kappa shape index (κ2) is 6.51. The van der Waals surface area contributed by atoms with Crippen molar-refractivity contribution >= 4 is 21.6 Å². The smallest absolute Gasteiger partial charge is 0.254 e. The average Bonchev–Trinajstić information content (AvgIpc) is 2.38. The molecule has 0 saturated carbocycles. The molecule has 0 aliphatic rings. The van der Waals surface area contributed by atoms with Gasteiger partial charge in [0.15, 0.2) is 9.84 Å². The number of aromatic nitrogens is 1. The molecule has 0 fully saturated rings. The highest BCUT2D eigenvalue weighted by Crippen LogP contribution is 2.06. The SMILES string of the molecule is CCS(=O)(=O)CCNc1ccc(C(=O)N(C)C)cn1. The lowest BCUT2D eigenvalue weighted by Gasteiger charge is -2.10. The maximum absolute atomic E-state index is 11.6. The molecule has 0 saturated heterocycles. The molecule has 0 unspecified atom stereocenters. The zero-order valence-corrected chi connectivity index (χ0v) is 12.2. The van der Waals surface area contributed by atoms with Crippen molar-refractivity contribution in [3.05, 3.63) is 23.9 Å². The first-order valence-electron chi connectivity index (χ1n) is 5.97. The van der Waals surface area contributed by atoms with Gasteiger partial charge in [-0.05, 0) is 12.1 Å². The number of hydrogen-bond acceptors (Lipinski definition) is 5. The van der Waals surface area contributed by atoms with E-state index in [0.717, 1.165) is 0 Å². The summed E-state index contributed by atoms with van der Waals surface area (Å²) in [6.07, 6.45) is 1.47. The zero-order valence-electron chi connectivity index (χ0n) is 11.4. The zero-order chi connectivity index (χ0) is 14.5. The molecule has 1 heterocycles. The molecule has 0 atom stereocenters. The number of pyridine rings is 1. The van der Waals surface area contributed by atoms with Crippen LogP contribution in [0.5, 0.6) is 0 Å². The highest BCUT2D eigenvalue weighted by Gasteiger charge is 2.09. The predicted molar refractivity (Wildman–Crippen MR) is 75.1 cm³/mol. The van der Waals surface area contributed by atoms with Gasteiger partial charge in [-0.15, -0.1) is 0 Å². The van der Waals surface area contributed by atoms with Crippen molar-refractivity contribution in [2.75, 3.05) is 37.5 Å².